The van der Waals surface area contributed by atoms with E-state index in [4.69, 9.17) is 4.42 Å². The Morgan fingerprint density at radius 2 is 1.01 bits per heavy atom. The maximum atomic E-state index is 6.65. The van der Waals surface area contributed by atoms with Gasteiger partial charge in [0, 0.05) is 32.9 Å². The summed E-state index contributed by atoms with van der Waals surface area (Å²) in [6.07, 6.45) is 0. The van der Waals surface area contributed by atoms with Gasteiger partial charge < -0.3 is 13.9 Å². The van der Waals surface area contributed by atoms with Gasteiger partial charge in [-0.1, -0.05) is 189 Å². The second-order valence-corrected chi connectivity index (χ2v) is 23.9. The molecule has 1 aliphatic carbocycles. The molecule has 11 aromatic carbocycles. The first-order valence-electron chi connectivity index (χ1n) is 24.1. The highest BCUT2D eigenvalue weighted by atomic mass is 28.3. The van der Waals surface area contributed by atoms with Crippen molar-refractivity contribution >= 4 is 101 Å². The quantitative estimate of drug-likeness (QED) is 0.164. The van der Waals surface area contributed by atoms with Gasteiger partial charge in [-0.25, -0.2) is 0 Å². The first-order valence-corrected chi connectivity index (χ1v) is 27.1. The third kappa shape index (κ3) is 5.11. The predicted octanol–water partition coefficient (Wildman–Crippen LogP) is 16.0. The van der Waals surface area contributed by atoms with Gasteiger partial charge in [0.1, 0.15) is 19.2 Å². The largest absolute Gasteiger partial charge is 0.456 e. The Kier molecular flexibility index (Phi) is 7.87. The van der Waals surface area contributed by atoms with Gasteiger partial charge in [0.15, 0.2) is 0 Å². The van der Waals surface area contributed by atoms with Crippen LogP contribution in [0.4, 0.5) is 17.1 Å². The topological polar surface area (TPSA) is 21.3 Å². The van der Waals surface area contributed by atoms with Gasteiger partial charge >= 0.3 is 0 Å². The Balaban J connectivity index is 1.05. The van der Waals surface area contributed by atoms with Crippen LogP contribution in [-0.4, -0.2) is 12.6 Å². The lowest BCUT2D eigenvalue weighted by Crippen LogP contribution is -2.63. The van der Waals surface area contributed by atoms with Crippen LogP contribution >= 0.6 is 0 Å². The summed E-state index contributed by atoms with van der Waals surface area (Å²) in [6.45, 7) is 5.13. The Morgan fingerprint density at radius 3 is 1.93 bits per heavy atom. The van der Waals surface area contributed by atoms with Crippen molar-refractivity contribution in [1.29, 1.82) is 0 Å². The molecule has 1 atom stereocenters. The third-order valence-corrected chi connectivity index (χ3v) is 19.4. The average molecular weight is 897 g/mol. The summed E-state index contributed by atoms with van der Waals surface area (Å²) in [4.78, 5) is 2.51. The number of hydrogen-bond acceptors (Lipinski definition) is 2. The molecule has 0 N–H and O–H groups in total. The highest BCUT2D eigenvalue weighted by Gasteiger charge is 2.52. The zero-order valence-corrected chi connectivity index (χ0v) is 39.2. The molecular weight excluding hydrogens is 853 g/mol. The van der Waals surface area contributed by atoms with E-state index in [1.165, 1.54) is 87.3 Å². The normalized spacial score (nSPS) is 15.6. The Morgan fingerprint density at radius 1 is 0.406 bits per heavy atom. The summed E-state index contributed by atoms with van der Waals surface area (Å²) in [5.74, 6) is 0. The summed E-state index contributed by atoms with van der Waals surface area (Å²) in [6, 6.07) is 86.3. The number of rotatable bonds is 4. The van der Waals surface area contributed by atoms with E-state index in [0.29, 0.717) is 0 Å². The van der Waals surface area contributed by atoms with Crippen LogP contribution in [0.1, 0.15) is 22.3 Å². The van der Waals surface area contributed by atoms with E-state index in [1.807, 2.05) is 0 Å². The number of fused-ring (bicyclic) bond motifs is 15. The van der Waals surface area contributed by atoms with Gasteiger partial charge in [0.05, 0.1) is 33.2 Å². The molecule has 13 aromatic rings. The zero-order valence-electron chi connectivity index (χ0n) is 38.2. The van der Waals surface area contributed by atoms with Crippen LogP contribution in [0, 0.1) is 0 Å². The van der Waals surface area contributed by atoms with Crippen molar-refractivity contribution in [1.82, 2.24) is 4.57 Å². The van der Waals surface area contributed by atoms with Crippen molar-refractivity contribution < 1.29 is 4.42 Å². The molecule has 3 nitrogen and oxygen atoms in total. The van der Waals surface area contributed by atoms with Crippen molar-refractivity contribution in [2.45, 2.75) is 18.5 Å². The molecule has 324 valence electrons. The number of furan rings is 1. The fourth-order valence-electron chi connectivity index (χ4n) is 12.9. The Bertz CT molecular complexity index is 4320. The molecule has 0 saturated carbocycles. The standard InChI is InChI=1S/C65H44N2OSi/c1-69(2)61-34-12-9-27-52(61)65(51-26-8-5-22-46(51)49-25-13-19-42-20-14-28-54(65)63(42)49)53-38-36-44(40-62(53)69)66(57-31-16-33-60-64(57)50-24-7-11-32-59(50)68-60)43-35-37-48-47-23-6-10-29-56(47)67(58(48)39-43)55-30-15-18-41-17-3-4-21-45(41)55/h3-40H,1-2H3. The van der Waals surface area contributed by atoms with Crippen molar-refractivity contribution in [3.63, 3.8) is 0 Å². The maximum absolute atomic E-state index is 6.65. The van der Waals surface area contributed by atoms with E-state index >= 15 is 0 Å². The average Bonchev–Trinajstić information content (AvgIpc) is 3.95. The Labute approximate surface area is 400 Å². The van der Waals surface area contributed by atoms with Crippen molar-refractivity contribution in [3.05, 3.63) is 253 Å². The van der Waals surface area contributed by atoms with Gasteiger partial charge in [-0.05, 0) is 115 Å². The highest BCUT2D eigenvalue weighted by Crippen LogP contribution is 2.57. The molecule has 69 heavy (non-hydrogen) atoms. The van der Waals surface area contributed by atoms with Gasteiger partial charge in [-0.15, -0.1) is 0 Å². The minimum Gasteiger partial charge on any atom is -0.456 e. The summed E-state index contributed by atoms with van der Waals surface area (Å²) in [5.41, 5.74) is 16.1. The molecule has 15 rings (SSSR count). The van der Waals surface area contributed by atoms with Crippen LogP contribution in [0.5, 0.6) is 0 Å². The minimum absolute atomic E-state index is 0.526. The molecule has 1 unspecified atom stereocenters. The molecule has 0 radical (unpaired) electrons. The molecule has 1 aliphatic heterocycles. The van der Waals surface area contributed by atoms with E-state index in [1.54, 1.807) is 0 Å². The predicted molar refractivity (Wildman–Crippen MR) is 292 cm³/mol. The SMILES string of the molecule is C[Si]1(C)c2ccccc2C2(c3ccccc3-c3cccc4cccc2c34)c2ccc(N(c3ccc4c5ccccc5n(-c5cccc6ccccc56)c4c3)c3cccc4oc5ccccc5c34)cc21. The lowest BCUT2D eigenvalue weighted by molar-refractivity contribution is 0.669. The first kappa shape index (κ1) is 38.6. The number of anilines is 3. The van der Waals surface area contributed by atoms with Crippen LogP contribution in [0.25, 0.3) is 82.1 Å². The van der Waals surface area contributed by atoms with E-state index in [0.717, 1.165) is 44.5 Å². The lowest BCUT2D eigenvalue weighted by atomic mass is 9.59. The zero-order chi connectivity index (χ0) is 45.6. The summed E-state index contributed by atoms with van der Waals surface area (Å²) in [5, 5.41) is 12.7. The fraction of sp³-hybridized carbons (Fsp3) is 0.0462. The number of nitrogens with zero attached hydrogens (tertiary/aromatic N) is 2. The van der Waals surface area contributed by atoms with Crippen molar-refractivity contribution in [2.75, 3.05) is 4.90 Å². The first-order chi connectivity index (χ1) is 34.0. The smallest absolute Gasteiger partial charge is 0.137 e. The van der Waals surface area contributed by atoms with Crippen LogP contribution in [0.15, 0.2) is 235 Å². The molecule has 2 aliphatic rings. The van der Waals surface area contributed by atoms with E-state index in [2.05, 4.69) is 253 Å². The van der Waals surface area contributed by atoms with E-state index in [-0.39, 0.29) is 0 Å². The number of hydrogen-bond donors (Lipinski definition) is 0. The van der Waals surface area contributed by atoms with Crippen LogP contribution < -0.4 is 15.3 Å². The van der Waals surface area contributed by atoms with Crippen LogP contribution in [-0.2, 0) is 5.41 Å². The molecule has 0 bridgehead atoms. The van der Waals surface area contributed by atoms with Crippen molar-refractivity contribution in [3.8, 4) is 16.8 Å². The molecular formula is C65H44N2OSi. The van der Waals surface area contributed by atoms with Crippen LogP contribution in [0.3, 0.4) is 0 Å². The van der Waals surface area contributed by atoms with E-state index in [9.17, 15) is 0 Å². The second-order valence-electron chi connectivity index (χ2n) is 19.5. The van der Waals surface area contributed by atoms with Crippen LogP contribution in [0.2, 0.25) is 13.1 Å². The Hall–Kier alpha value is -8.44. The van der Waals surface area contributed by atoms with Gasteiger partial charge in [-0.2, -0.15) is 0 Å². The summed E-state index contributed by atoms with van der Waals surface area (Å²) < 4.78 is 9.12. The molecule has 0 fully saturated rings. The van der Waals surface area contributed by atoms with Crippen molar-refractivity contribution in [2.24, 2.45) is 0 Å². The maximum Gasteiger partial charge on any atom is 0.137 e. The minimum atomic E-state index is -2.40. The molecule has 0 amide bonds. The van der Waals surface area contributed by atoms with Gasteiger partial charge in [0.25, 0.3) is 0 Å². The summed E-state index contributed by atoms with van der Waals surface area (Å²) >= 11 is 0. The monoisotopic (exact) mass is 896 g/mol. The number of aromatic nitrogens is 1. The van der Waals surface area contributed by atoms with E-state index < -0.39 is 13.5 Å². The summed E-state index contributed by atoms with van der Waals surface area (Å²) in [7, 11) is -2.40. The molecule has 2 aromatic heterocycles. The molecule has 0 saturated heterocycles. The molecule has 4 heteroatoms. The molecule has 3 heterocycles. The second kappa shape index (κ2) is 14.1. The highest BCUT2D eigenvalue weighted by molar-refractivity contribution is 7.01. The van der Waals surface area contributed by atoms with Gasteiger partial charge in [0.2, 0.25) is 0 Å². The number of para-hydroxylation sites is 2. The third-order valence-electron chi connectivity index (χ3n) is 15.8. The number of benzene rings is 11. The van der Waals surface area contributed by atoms with Gasteiger partial charge in [-0.3, -0.25) is 0 Å². The molecule has 1 spiro atoms. The lowest BCUT2D eigenvalue weighted by Gasteiger charge is -2.50. The fourth-order valence-corrected chi connectivity index (χ4v) is 16.1.